The second kappa shape index (κ2) is 21.5. The summed E-state index contributed by atoms with van der Waals surface area (Å²) in [6.07, 6.45) is 0. The molecule has 3 heteroatoms. The molecule has 78 heavy (non-hydrogen) atoms. The predicted molar refractivity (Wildman–Crippen MR) is 325 cm³/mol. The lowest BCUT2D eigenvalue weighted by atomic mass is 9.83. The largest absolute Gasteiger partial charge is 0.246 e. The van der Waals surface area contributed by atoms with E-state index in [2.05, 4.69) is 309 Å². The Bertz CT molecular complexity index is 3810. The van der Waals surface area contributed by atoms with Gasteiger partial charge in [0, 0.05) is 44.5 Å². The molecule has 0 spiro atoms. The standard InChI is InChI=1S/C75H51N3/c1-9-25-52(26-10-1)62-45-63(53-27-11-2-12-28-53)48-66(47-62)69-51-68(76-75(77-69)67-49-64(54-29-13-3-14-30-54)46-65(50-67)55-31-15-4-16-32-55)56-41-43-59(44-42-56)70-71(57-33-17-5-18-34-57)73(60-37-21-7-22-38-60)78-74(61-39-23-8-24-40-61)72(70)58-35-19-6-20-36-58/h1-51H. The third-order valence-electron chi connectivity index (χ3n) is 14.5. The zero-order valence-corrected chi connectivity index (χ0v) is 42.8. The van der Waals surface area contributed by atoms with Gasteiger partial charge in [-0.3, -0.25) is 0 Å². The van der Waals surface area contributed by atoms with Gasteiger partial charge in [-0.1, -0.05) is 267 Å². The monoisotopic (exact) mass is 993 g/mol. The summed E-state index contributed by atoms with van der Waals surface area (Å²) < 4.78 is 0. The third kappa shape index (κ3) is 9.76. The van der Waals surface area contributed by atoms with Crippen LogP contribution in [0.5, 0.6) is 0 Å². The quantitative estimate of drug-likeness (QED) is 0.122. The highest BCUT2D eigenvalue weighted by molar-refractivity contribution is 6.05. The summed E-state index contributed by atoms with van der Waals surface area (Å²) in [6.45, 7) is 0. The van der Waals surface area contributed by atoms with Crippen LogP contribution >= 0.6 is 0 Å². The molecular weight excluding hydrogens is 943 g/mol. The Morgan fingerprint density at radius 1 is 0.154 bits per heavy atom. The summed E-state index contributed by atoms with van der Waals surface area (Å²) in [5.74, 6) is 0.639. The highest BCUT2D eigenvalue weighted by atomic mass is 14.9. The predicted octanol–water partition coefficient (Wildman–Crippen LogP) is 19.9. The minimum Gasteiger partial charge on any atom is -0.246 e. The summed E-state index contributed by atoms with van der Waals surface area (Å²) in [6, 6.07) is 110. The molecule has 0 N–H and O–H groups in total. The topological polar surface area (TPSA) is 38.7 Å². The Hall–Kier alpha value is -10.4. The Morgan fingerprint density at radius 2 is 0.410 bits per heavy atom. The summed E-state index contributed by atoms with van der Waals surface area (Å²) in [4.78, 5) is 16.8. The SMILES string of the molecule is c1ccc(-c2cc(-c3ccccc3)cc(-c3cc(-c4ccc(-c5c(-c6ccccc6)c(-c6ccccc6)nc(-c6ccccc6)c5-c5ccccc5)cc4)nc(-c4cc(-c5ccccc5)cc(-c5ccccc5)c4)n3)c2)cc1. The second-order valence-electron chi connectivity index (χ2n) is 19.5. The maximum absolute atomic E-state index is 5.68. The van der Waals surface area contributed by atoms with Crippen molar-refractivity contribution >= 4 is 0 Å². The van der Waals surface area contributed by atoms with Crippen molar-refractivity contribution in [3.05, 3.63) is 309 Å². The average molecular weight is 994 g/mol. The molecule has 3 nitrogen and oxygen atoms in total. The molecule has 0 bridgehead atoms. The van der Waals surface area contributed by atoms with Crippen molar-refractivity contribution in [3.8, 4) is 134 Å². The van der Waals surface area contributed by atoms with E-state index in [1.807, 2.05) is 0 Å². The first-order chi connectivity index (χ1) is 38.7. The van der Waals surface area contributed by atoms with E-state index < -0.39 is 0 Å². The number of benzene rings is 11. The van der Waals surface area contributed by atoms with Crippen molar-refractivity contribution in [1.29, 1.82) is 0 Å². The van der Waals surface area contributed by atoms with Crippen LogP contribution in [0.1, 0.15) is 0 Å². The van der Waals surface area contributed by atoms with Crippen molar-refractivity contribution in [1.82, 2.24) is 15.0 Å². The van der Waals surface area contributed by atoms with Crippen LogP contribution in [-0.4, -0.2) is 15.0 Å². The zero-order valence-electron chi connectivity index (χ0n) is 42.8. The van der Waals surface area contributed by atoms with E-state index in [1.165, 1.54) is 0 Å². The fourth-order valence-corrected chi connectivity index (χ4v) is 10.7. The number of rotatable bonds is 12. The maximum Gasteiger partial charge on any atom is 0.160 e. The van der Waals surface area contributed by atoms with Crippen molar-refractivity contribution < 1.29 is 0 Å². The van der Waals surface area contributed by atoms with Crippen LogP contribution in [-0.2, 0) is 0 Å². The smallest absolute Gasteiger partial charge is 0.160 e. The van der Waals surface area contributed by atoms with E-state index in [-0.39, 0.29) is 0 Å². The first-order valence-electron chi connectivity index (χ1n) is 26.5. The van der Waals surface area contributed by atoms with Crippen LogP contribution in [0.25, 0.3) is 134 Å². The van der Waals surface area contributed by atoms with Crippen LogP contribution in [0.3, 0.4) is 0 Å². The van der Waals surface area contributed by atoms with Gasteiger partial charge in [0.25, 0.3) is 0 Å². The van der Waals surface area contributed by atoms with Crippen LogP contribution < -0.4 is 0 Å². The third-order valence-corrected chi connectivity index (χ3v) is 14.5. The molecule has 0 unspecified atom stereocenters. The molecule has 2 heterocycles. The van der Waals surface area contributed by atoms with Crippen LogP contribution in [0, 0.1) is 0 Å². The lowest BCUT2D eigenvalue weighted by molar-refractivity contribution is 1.18. The van der Waals surface area contributed by atoms with Gasteiger partial charge in [0.15, 0.2) is 5.82 Å². The first kappa shape index (κ1) is 47.4. The average Bonchev–Trinajstić information content (AvgIpc) is 3.57. The Labute approximate surface area is 456 Å². The molecule has 0 atom stereocenters. The summed E-state index contributed by atoms with van der Waals surface area (Å²) >= 11 is 0. The molecule has 0 amide bonds. The maximum atomic E-state index is 5.68. The van der Waals surface area contributed by atoms with Crippen molar-refractivity contribution in [2.45, 2.75) is 0 Å². The summed E-state index contributed by atoms with van der Waals surface area (Å²) in [7, 11) is 0. The van der Waals surface area contributed by atoms with E-state index in [1.54, 1.807) is 0 Å². The highest BCUT2D eigenvalue weighted by Gasteiger charge is 2.26. The molecule has 13 aromatic rings. The van der Waals surface area contributed by atoms with E-state index in [4.69, 9.17) is 15.0 Å². The Morgan fingerprint density at radius 3 is 0.756 bits per heavy atom. The minimum atomic E-state index is 0.639. The van der Waals surface area contributed by atoms with Crippen molar-refractivity contribution in [3.63, 3.8) is 0 Å². The van der Waals surface area contributed by atoms with Gasteiger partial charge in [0.1, 0.15) is 0 Å². The van der Waals surface area contributed by atoms with Gasteiger partial charge >= 0.3 is 0 Å². The van der Waals surface area contributed by atoms with E-state index >= 15 is 0 Å². The summed E-state index contributed by atoms with van der Waals surface area (Å²) in [5.41, 5.74) is 23.9. The number of hydrogen-bond acceptors (Lipinski definition) is 3. The molecule has 2 aromatic heterocycles. The number of nitrogens with zero attached hydrogens (tertiary/aromatic N) is 3. The molecule has 366 valence electrons. The molecule has 11 aromatic carbocycles. The molecule has 0 radical (unpaired) electrons. The van der Waals surface area contributed by atoms with Crippen molar-refractivity contribution in [2.24, 2.45) is 0 Å². The van der Waals surface area contributed by atoms with E-state index in [0.717, 1.165) is 128 Å². The molecule has 0 aliphatic rings. The van der Waals surface area contributed by atoms with Gasteiger partial charge in [0.05, 0.1) is 22.8 Å². The molecule has 0 aliphatic carbocycles. The van der Waals surface area contributed by atoms with Gasteiger partial charge in [-0.2, -0.15) is 0 Å². The van der Waals surface area contributed by atoms with Crippen LogP contribution in [0.4, 0.5) is 0 Å². The molecule has 13 rings (SSSR count). The molecule has 0 aliphatic heterocycles. The van der Waals surface area contributed by atoms with Gasteiger partial charge < -0.3 is 0 Å². The molecule has 0 fully saturated rings. The summed E-state index contributed by atoms with van der Waals surface area (Å²) in [5, 5.41) is 0. The Kier molecular flexibility index (Phi) is 13.0. The fourth-order valence-electron chi connectivity index (χ4n) is 10.7. The molecule has 0 saturated heterocycles. The number of hydrogen-bond donors (Lipinski definition) is 0. The van der Waals surface area contributed by atoms with Gasteiger partial charge in [-0.15, -0.1) is 0 Å². The van der Waals surface area contributed by atoms with Crippen LogP contribution in [0.15, 0.2) is 309 Å². The Balaban J connectivity index is 1.05. The van der Waals surface area contributed by atoms with Gasteiger partial charge in [-0.25, -0.2) is 15.0 Å². The highest BCUT2D eigenvalue weighted by Crippen LogP contribution is 2.49. The second-order valence-corrected chi connectivity index (χ2v) is 19.5. The first-order valence-corrected chi connectivity index (χ1v) is 26.5. The normalized spacial score (nSPS) is 11.1. The molecule has 0 saturated carbocycles. The zero-order chi connectivity index (χ0) is 52.0. The minimum absolute atomic E-state index is 0.639. The molecular formula is C75H51N3. The lowest BCUT2D eigenvalue weighted by Gasteiger charge is -2.23. The van der Waals surface area contributed by atoms with Gasteiger partial charge in [-0.05, 0) is 104 Å². The van der Waals surface area contributed by atoms with E-state index in [0.29, 0.717) is 5.82 Å². The number of aromatic nitrogens is 3. The van der Waals surface area contributed by atoms with Crippen molar-refractivity contribution in [2.75, 3.05) is 0 Å². The fraction of sp³-hybridized carbons (Fsp3) is 0. The van der Waals surface area contributed by atoms with E-state index in [9.17, 15) is 0 Å². The van der Waals surface area contributed by atoms with Crippen LogP contribution in [0.2, 0.25) is 0 Å². The lowest BCUT2D eigenvalue weighted by Crippen LogP contribution is -2.01. The van der Waals surface area contributed by atoms with Gasteiger partial charge in [0.2, 0.25) is 0 Å². The number of pyridine rings is 1.